The molecule has 0 atom stereocenters. The summed E-state index contributed by atoms with van der Waals surface area (Å²) in [6.45, 7) is 0.256. The Kier molecular flexibility index (Phi) is 4.69. The number of hydrogen-bond acceptors (Lipinski definition) is 5. The molecule has 0 saturated carbocycles. The Bertz CT molecular complexity index is 777. The Hall–Kier alpha value is -2.24. The first kappa shape index (κ1) is 15.6. The standard InChI is InChI=1S/C16H11Cl2NO4/c17-12-5-10(6-13-16(12)23-9-22-13)1-2-15(20)21-8-11-3-4-19-14(18)7-11/h1-7H,8-9H2. The lowest BCUT2D eigenvalue weighted by Crippen LogP contribution is -2.00. The molecule has 118 valence electrons. The van der Waals surface area contributed by atoms with Crippen LogP contribution in [0, 0.1) is 0 Å². The van der Waals surface area contributed by atoms with Crippen LogP contribution in [-0.2, 0) is 16.1 Å². The molecule has 2 aromatic rings. The Morgan fingerprint density at radius 1 is 1.30 bits per heavy atom. The van der Waals surface area contributed by atoms with Crippen LogP contribution in [0.4, 0.5) is 0 Å². The molecule has 1 aromatic heterocycles. The summed E-state index contributed by atoms with van der Waals surface area (Å²) in [6, 6.07) is 6.78. The normalized spacial score (nSPS) is 12.6. The van der Waals surface area contributed by atoms with Crippen molar-refractivity contribution in [1.82, 2.24) is 4.98 Å². The minimum absolute atomic E-state index is 0.118. The maximum absolute atomic E-state index is 11.7. The first-order valence-electron chi connectivity index (χ1n) is 6.66. The molecule has 0 spiro atoms. The Morgan fingerprint density at radius 3 is 3.00 bits per heavy atom. The van der Waals surface area contributed by atoms with Gasteiger partial charge in [0.15, 0.2) is 11.5 Å². The van der Waals surface area contributed by atoms with Crippen molar-refractivity contribution in [3.05, 3.63) is 57.8 Å². The monoisotopic (exact) mass is 351 g/mol. The molecule has 7 heteroatoms. The molecule has 0 aliphatic carbocycles. The molecule has 3 rings (SSSR count). The van der Waals surface area contributed by atoms with Crippen LogP contribution in [-0.4, -0.2) is 17.7 Å². The number of hydrogen-bond donors (Lipinski definition) is 0. The number of nitrogens with zero attached hydrogens (tertiary/aromatic N) is 1. The third-order valence-corrected chi connectivity index (χ3v) is 3.52. The Labute approximate surface area is 142 Å². The Morgan fingerprint density at radius 2 is 2.17 bits per heavy atom. The smallest absolute Gasteiger partial charge is 0.331 e. The second-order valence-corrected chi connectivity index (χ2v) is 5.46. The molecule has 1 aromatic carbocycles. The molecule has 5 nitrogen and oxygen atoms in total. The number of pyridine rings is 1. The number of esters is 1. The molecule has 0 fully saturated rings. The molecule has 1 aliphatic rings. The van der Waals surface area contributed by atoms with Crippen LogP contribution in [0.25, 0.3) is 6.08 Å². The summed E-state index contributed by atoms with van der Waals surface area (Å²) < 4.78 is 15.6. The number of ether oxygens (including phenoxy) is 3. The topological polar surface area (TPSA) is 57.7 Å². The van der Waals surface area contributed by atoms with Crippen molar-refractivity contribution in [3.63, 3.8) is 0 Å². The van der Waals surface area contributed by atoms with Gasteiger partial charge in [0.05, 0.1) is 5.02 Å². The van der Waals surface area contributed by atoms with Crippen LogP contribution in [0.5, 0.6) is 11.5 Å². The van der Waals surface area contributed by atoms with Gasteiger partial charge < -0.3 is 14.2 Å². The highest BCUT2D eigenvalue weighted by molar-refractivity contribution is 6.32. The maximum Gasteiger partial charge on any atom is 0.331 e. The van der Waals surface area contributed by atoms with Crippen molar-refractivity contribution in [2.24, 2.45) is 0 Å². The van der Waals surface area contributed by atoms with Crippen LogP contribution in [0.2, 0.25) is 10.2 Å². The molecule has 0 amide bonds. The lowest BCUT2D eigenvalue weighted by Gasteiger charge is -2.03. The fourth-order valence-electron chi connectivity index (χ4n) is 1.98. The first-order valence-corrected chi connectivity index (χ1v) is 7.42. The molecule has 0 radical (unpaired) electrons. The van der Waals surface area contributed by atoms with E-state index < -0.39 is 5.97 Å². The van der Waals surface area contributed by atoms with Crippen LogP contribution in [0.1, 0.15) is 11.1 Å². The minimum Gasteiger partial charge on any atom is -0.458 e. The number of fused-ring (bicyclic) bond motifs is 1. The van der Waals surface area contributed by atoms with E-state index in [1.807, 2.05) is 0 Å². The van der Waals surface area contributed by atoms with Gasteiger partial charge in [0.2, 0.25) is 6.79 Å². The molecule has 0 unspecified atom stereocenters. The number of carbonyl (C=O) groups is 1. The summed E-state index contributed by atoms with van der Waals surface area (Å²) in [5, 5.41) is 0.781. The summed E-state index contributed by atoms with van der Waals surface area (Å²) in [6.07, 6.45) is 4.46. The molecule has 23 heavy (non-hydrogen) atoms. The van der Waals surface area contributed by atoms with Crippen molar-refractivity contribution in [2.45, 2.75) is 6.61 Å². The van der Waals surface area contributed by atoms with Crippen LogP contribution in [0.3, 0.4) is 0 Å². The number of aromatic nitrogens is 1. The predicted octanol–water partition coefficient (Wildman–Crippen LogP) is 3.87. The van der Waals surface area contributed by atoms with Crippen LogP contribution >= 0.6 is 23.2 Å². The molecule has 2 heterocycles. The third-order valence-electron chi connectivity index (χ3n) is 3.03. The predicted molar refractivity (Wildman–Crippen MR) is 85.7 cm³/mol. The van der Waals surface area contributed by atoms with Gasteiger partial charge in [-0.3, -0.25) is 0 Å². The molecule has 0 bridgehead atoms. The van der Waals surface area contributed by atoms with Crippen LogP contribution < -0.4 is 9.47 Å². The van der Waals surface area contributed by atoms with E-state index in [0.29, 0.717) is 27.2 Å². The zero-order valence-corrected chi connectivity index (χ0v) is 13.3. The SMILES string of the molecule is O=C(C=Cc1cc(Cl)c2c(c1)OCO2)OCc1ccnc(Cl)c1. The average molecular weight is 352 g/mol. The summed E-state index contributed by atoms with van der Waals surface area (Å²) >= 11 is 11.8. The second kappa shape index (κ2) is 6.89. The zero-order chi connectivity index (χ0) is 16.2. The maximum atomic E-state index is 11.7. The number of carbonyl (C=O) groups excluding carboxylic acids is 1. The van der Waals surface area contributed by atoms with Gasteiger partial charge in [-0.05, 0) is 41.5 Å². The van der Waals surface area contributed by atoms with E-state index >= 15 is 0 Å². The van der Waals surface area contributed by atoms with E-state index in [4.69, 9.17) is 37.4 Å². The van der Waals surface area contributed by atoms with Gasteiger partial charge in [0.1, 0.15) is 11.8 Å². The van der Waals surface area contributed by atoms with E-state index in [2.05, 4.69) is 4.98 Å². The van der Waals surface area contributed by atoms with Crippen molar-refractivity contribution < 1.29 is 19.0 Å². The van der Waals surface area contributed by atoms with Crippen molar-refractivity contribution >= 4 is 35.2 Å². The quantitative estimate of drug-likeness (QED) is 0.475. The van der Waals surface area contributed by atoms with E-state index in [1.54, 1.807) is 36.5 Å². The Balaban J connectivity index is 1.61. The molecule has 0 saturated heterocycles. The van der Waals surface area contributed by atoms with Gasteiger partial charge in [-0.25, -0.2) is 9.78 Å². The lowest BCUT2D eigenvalue weighted by atomic mass is 10.2. The average Bonchev–Trinajstić information content (AvgIpc) is 3.00. The molecule has 0 N–H and O–H groups in total. The minimum atomic E-state index is -0.480. The van der Waals surface area contributed by atoms with Crippen molar-refractivity contribution in [3.8, 4) is 11.5 Å². The molecular formula is C16H11Cl2NO4. The van der Waals surface area contributed by atoms with Gasteiger partial charge in [-0.15, -0.1) is 0 Å². The second-order valence-electron chi connectivity index (χ2n) is 4.66. The fraction of sp³-hybridized carbons (Fsp3) is 0.125. The highest BCUT2D eigenvalue weighted by atomic mass is 35.5. The van der Waals surface area contributed by atoms with Gasteiger partial charge in [-0.1, -0.05) is 23.2 Å². The van der Waals surface area contributed by atoms with E-state index in [1.165, 1.54) is 6.08 Å². The summed E-state index contributed by atoms with van der Waals surface area (Å²) in [7, 11) is 0. The number of rotatable bonds is 4. The zero-order valence-electron chi connectivity index (χ0n) is 11.8. The fourth-order valence-corrected chi connectivity index (χ4v) is 2.45. The number of benzene rings is 1. The van der Waals surface area contributed by atoms with Gasteiger partial charge in [0.25, 0.3) is 0 Å². The van der Waals surface area contributed by atoms with Crippen molar-refractivity contribution in [2.75, 3.05) is 6.79 Å². The van der Waals surface area contributed by atoms with Crippen molar-refractivity contribution in [1.29, 1.82) is 0 Å². The van der Waals surface area contributed by atoms with Gasteiger partial charge in [0, 0.05) is 12.3 Å². The largest absolute Gasteiger partial charge is 0.458 e. The summed E-state index contributed by atoms with van der Waals surface area (Å²) in [4.78, 5) is 15.6. The van der Waals surface area contributed by atoms with Gasteiger partial charge >= 0.3 is 5.97 Å². The summed E-state index contributed by atoms with van der Waals surface area (Å²) in [5.41, 5.74) is 1.47. The number of halogens is 2. The van der Waals surface area contributed by atoms with Gasteiger partial charge in [-0.2, -0.15) is 0 Å². The van der Waals surface area contributed by atoms with E-state index in [9.17, 15) is 4.79 Å². The lowest BCUT2D eigenvalue weighted by molar-refractivity contribution is -0.138. The first-order chi connectivity index (χ1) is 11.1. The molecule has 1 aliphatic heterocycles. The van der Waals surface area contributed by atoms with E-state index in [-0.39, 0.29) is 13.4 Å². The van der Waals surface area contributed by atoms with E-state index in [0.717, 1.165) is 5.56 Å². The highest BCUT2D eigenvalue weighted by Gasteiger charge is 2.17. The van der Waals surface area contributed by atoms with Crippen LogP contribution in [0.15, 0.2) is 36.5 Å². The summed E-state index contributed by atoms with van der Waals surface area (Å²) in [5.74, 6) is 0.588. The third kappa shape index (κ3) is 3.94. The highest BCUT2D eigenvalue weighted by Crippen LogP contribution is 2.40. The molecular weight excluding hydrogens is 341 g/mol.